The quantitative estimate of drug-likeness (QED) is 0.172. The third-order valence-electron chi connectivity index (χ3n) is 8.83. The largest absolute Gasteiger partial charge is 0.371 e. The predicted molar refractivity (Wildman–Crippen MR) is 178 cm³/mol. The van der Waals surface area contributed by atoms with E-state index in [4.69, 9.17) is 4.74 Å². The van der Waals surface area contributed by atoms with Crippen LogP contribution in [0, 0.1) is 19.1 Å². The Morgan fingerprint density at radius 1 is 0.756 bits per heavy atom. The van der Waals surface area contributed by atoms with Gasteiger partial charge >= 0.3 is 0 Å². The molecule has 1 aliphatic heterocycles. The van der Waals surface area contributed by atoms with Gasteiger partial charge in [-0.15, -0.1) is 59.7 Å². The van der Waals surface area contributed by atoms with Gasteiger partial charge in [0.2, 0.25) is 0 Å². The van der Waals surface area contributed by atoms with Crippen LogP contribution in [-0.4, -0.2) is 15.0 Å². The molecule has 0 bridgehead atoms. The molecule has 2 aliphatic rings. The molecular weight excluding hydrogens is 731 g/mol. The monoisotopic (exact) mass is 772 g/mol. The third-order valence-corrected chi connectivity index (χ3v) is 8.83. The zero-order chi connectivity index (χ0) is 31.0. The van der Waals surface area contributed by atoms with E-state index in [9.17, 15) is 0 Å². The summed E-state index contributed by atoms with van der Waals surface area (Å²) >= 11 is 0. The topological polar surface area (TPSA) is 47.9 Å². The van der Waals surface area contributed by atoms with Gasteiger partial charge in [-0.1, -0.05) is 81.1 Å². The molecular formula is C40H41IrN3O-2. The predicted octanol–water partition coefficient (Wildman–Crippen LogP) is 9.80. The minimum Gasteiger partial charge on any atom is -0.371 e. The number of hydrogen-bond donors (Lipinski definition) is 0. The number of aromatic nitrogens is 3. The van der Waals surface area contributed by atoms with Crippen LogP contribution in [0.2, 0.25) is 0 Å². The molecule has 3 heterocycles. The van der Waals surface area contributed by atoms with Crippen LogP contribution in [0.25, 0.3) is 33.6 Å². The van der Waals surface area contributed by atoms with E-state index in [0.717, 1.165) is 41.1 Å². The molecule has 45 heavy (non-hydrogen) atoms. The van der Waals surface area contributed by atoms with E-state index >= 15 is 0 Å². The second kappa shape index (κ2) is 13.1. The van der Waals surface area contributed by atoms with Gasteiger partial charge in [0.05, 0.1) is 16.9 Å². The number of aryl methyl sites for hydroxylation is 1. The van der Waals surface area contributed by atoms with Gasteiger partial charge < -0.3 is 14.7 Å². The molecule has 1 spiro atoms. The molecule has 0 amide bonds. The summed E-state index contributed by atoms with van der Waals surface area (Å²) in [6.07, 6.45) is 10.4. The van der Waals surface area contributed by atoms with Crippen molar-refractivity contribution in [2.45, 2.75) is 83.8 Å². The molecule has 5 heteroatoms. The Balaban J connectivity index is 0.000000180. The van der Waals surface area contributed by atoms with Crippen molar-refractivity contribution in [3.8, 4) is 33.6 Å². The Morgan fingerprint density at radius 2 is 1.47 bits per heavy atom. The van der Waals surface area contributed by atoms with Gasteiger partial charge in [-0.2, -0.15) is 0 Å². The normalized spacial score (nSPS) is 16.0. The van der Waals surface area contributed by atoms with E-state index in [2.05, 4.69) is 99.0 Å². The minimum absolute atomic E-state index is 0. The van der Waals surface area contributed by atoms with Crippen LogP contribution in [0.1, 0.15) is 82.7 Å². The molecule has 1 aliphatic carbocycles. The third kappa shape index (κ3) is 6.87. The Morgan fingerprint density at radius 3 is 2.09 bits per heavy atom. The maximum absolute atomic E-state index is 6.57. The second-order valence-electron chi connectivity index (χ2n) is 13.6. The summed E-state index contributed by atoms with van der Waals surface area (Å²) in [6, 6.07) is 31.4. The van der Waals surface area contributed by atoms with Crippen molar-refractivity contribution >= 4 is 0 Å². The summed E-state index contributed by atoms with van der Waals surface area (Å²) in [7, 11) is 0. The average Bonchev–Trinajstić information content (AvgIpc) is 3.58. The van der Waals surface area contributed by atoms with Crippen LogP contribution in [0.15, 0.2) is 91.4 Å². The van der Waals surface area contributed by atoms with Gasteiger partial charge in [-0.3, -0.25) is 4.98 Å². The number of ether oxygens (including phenoxy) is 1. The second-order valence-corrected chi connectivity index (χ2v) is 13.6. The Labute approximate surface area is 282 Å². The molecule has 5 aromatic rings. The van der Waals surface area contributed by atoms with E-state index in [1.54, 1.807) is 0 Å². The average molecular weight is 772 g/mol. The van der Waals surface area contributed by atoms with Crippen molar-refractivity contribution in [3.63, 3.8) is 0 Å². The number of benzene rings is 3. The number of pyridine rings is 1. The molecule has 1 radical (unpaired) electrons. The zero-order valence-corrected chi connectivity index (χ0v) is 29.5. The minimum atomic E-state index is -0.262. The Hall–Kier alpha value is -3.50. The fraction of sp³-hybridized carbons (Fsp3) is 0.325. The van der Waals surface area contributed by atoms with Crippen molar-refractivity contribution in [2.24, 2.45) is 0 Å². The molecule has 2 aromatic heterocycles. The van der Waals surface area contributed by atoms with Crippen molar-refractivity contribution in [2.75, 3.05) is 0 Å². The molecule has 1 fully saturated rings. The zero-order valence-electron chi connectivity index (χ0n) is 27.1. The van der Waals surface area contributed by atoms with Crippen molar-refractivity contribution < 1.29 is 24.8 Å². The van der Waals surface area contributed by atoms with Crippen molar-refractivity contribution in [1.29, 1.82) is 0 Å². The standard InChI is InChI=1S/C22H27N2O.C18H14N.Ir/c1-20(2,3)19-14-23-18(13-24-19)15-8-9-16-17(12-15)21(4,5)25-22(16)10-6-7-11-22;1-14-12-18(16-10-6-3-7-11-16)19-13-17(14)15-8-4-2-5-9-15;/h9,12-14H,6-7,10-11H2,1-5H3;2-10,12-13H,1H3;/q2*-1;. The van der Waals surface area contributed by atoms with Gasteiger partial charge in [0.25, 0.3) is 0 Å². The molecule has 0 atom stereocenters. The van der Waals surface area contributed by atoms with Crippen molar-refractivity contribution in [1.82, 2.24) is 15.0 Å². The first-order chi connectivity index (χ1) is 21.1. The van der Waals surface area contributed by atoms with E-state index in [0.29, 0.717) is 0 Å². The summed E-state index contributed by atoms with van der Waals surface area (Å²) in [5.41, 5.74) is 10.8. The van der Waals surface area contributed by atoms with Crippen LogP contribution in [0.3, 0.4) is 0 Å². The fourth-order valence-corrected chi connectivity index (χ4v) is 6.46. The number of rotatable bonds is 3. The maximum atomic E-state index is 6.57. The van der Waals surface area contributed by atoms with Gasteiger partial charge in [0.1, 0.15) is 0 Å². The Kier molecular flexibility index (Phi) is 9.56. The molecule has 0 N–H and O–H groups in total. The maximum Gasteiger partial charge on any atom is 0.0714 e. The molecule has 7 rings (SSSR count). The molecule has 4 nitrogen and oxygen atoms in total. The molecule has 0 unspecified atom stereocenters. The summed E-state index contributed by atoms with van der Waals surface area (Å²) < 4.78 is 6.57. The van der Waals surface area contributed by atoms with Crippen LogP contribution >= 0.6 is 0 Å². The summed E-state index contributed by atoms with van der Waals surface area (Å²) in [5, 5.41) is 0. The first-order valence-electron chi connectivity index (χ1n) is 15.6. The molecule has 3 aromatic carbocycles. The fourth-order valence-electron chi connectivity index (χ4n) is 6.46. The molecule has 0 saturated heterocycles. The van der Waals surface area contributed by atoms with Crippen molar-refractivity contribution in [3.05, 3.63) is 126 Å². The van der Waals surface area contributed by atoms with Crippen LogP contribution in [-0.2, 0) is 41.5 Å². The SMILES string of the molecule is CC(C)(C)c1cnc(-c2[c-]cc3c(c2)C(C)(C)OC32CCCC2)cn1.Cc1cc(-c2[c-]cccc2)ncc1-c1ccccc1.[Ir]. The van der Waals surface area contributed by atoms with Gasteiger partial charge in [-0.25, -0.2) is 0 Å². The van der Waals surface area contributed by atoms with Gasteiger partial charge in [-0.05, 0) is 50.4 Å². The molecule has 1 saturated carbocycles. The van der Waals surface area contributed by atoms with Crippen LogP contribution < -0.4 is 0 Å². The Bertz CT molecular complexity index is 1740. The first-order valence-corrected chi connectivity index (χ1v) is 15.6. The molecule has 233 valence electrons. The summed E-state index contributed by atoms with van der Waals surface area (Å²) in [5.74, 6) is 0. The number of hydrogen-bond acceptors (Lipinski definition) is 4. The van der Waals surface area contributed by atoms with E-state index in [1.165, 1.54) is 40.7 Å². The van der Waals surface area contributed by atoms with Crippen LogP contribution in [0.4, 0.5) is 0 Å². The number of fused-ring (bicyclic) bond motifs is 2. The summed E-state index contributed by atoms with van der Waals surface area (Å²) in [6.45, 7) is 12.9. The van der Waals surface area contributed by atoms with E-state index < -0.39 is 0 Å². The smallest absolute Gasteiger partial charge is 0.0714 e. The first kappa shape index (κ1) is 32.9. The van der Waals surface area contributed by atoms with Gasteiger partial charge in [0.15, 0.2) is 0 Å². The van der Waals surface area contributed by atoms with Crippen LogP contribution in [0.5, 0.6) is 0 Å². The van der Waals surface area contributed by atoms with E-state index in [1.807, 2.05) is 61.1 Å². The summed E-state index contributed by atoms with van der Waals surface area (Å²) in [4.78, 5) is 13.8. The van der Waals surface area contributed by atoms with Gasteiger partial charge in [0, 0.05) is 55.4 Å². The number of nitrogens with zero attached hydrogens (tertiary/aromatic N) is 3. The van der Waals surface area contributed by atoms with E-state index in [-0.39, 0.29) is 36.7 Å².